The molecule has 0 spiro atoms. The lowest BCUT2D eigenvalue weighted by Gasteiger charge is -2.31. The zero-order valence-corrected chi connectivity index (χ0v) is 21.7. The molecule has 39 heavy (non-hydrogen) atoms. The quantitative estimate of drug-likeness (QED) is 0.344. The Morgan fingerprint density at radius 1 is 1.26 bits per heavy atom. The van der Waals surface area contributed by atoms with Crippen molar-refractivity contribution < 1.29 is 28.9 Å². The second-order valence-electron chi connectivity index (χ2n) is 11.3. The summed E-state index contributed by atoms with van der Waals surface area (Å²) in [6.07, 6.45) is 2.37. The van der Waals surface area contributed by atoms with E-state index >= 15 is 4.39 Å². The number of fused-ring (bicyclic) bond motifs is 5. The normalized spacial score (nSPS) is 23.6. The van der Waals surface area contributed by atoms with E-state index in [1.807, 2.05) is 0 Å². The number of aryl methyl sites for hydroxylation is 1. The Bertz CT molecular complexity index is 1710. The Balaban J connectivity index is 1.47. The van der Waals surface area contributed by atoms with Gasteiger partial charge in [-0.3, -0.25) is 9.59 Å². The molecule has 0 saturated heterocycles. The number of carbonyl (C=O) groups is 2. The van der Waals surface area contributed by atoms with Crippen molar-refractivity contribution in [3.8, 4) is 11.4 Å². The molecule has 2 aromatic heterocycles. The van der Waals surface area contributed by atoms with Gasteiger partial charge in [0, 0.05) is 22.6 Å². The molecule has 1 fully saturated rings. The van der Waals surface area contributed by atoms with E-state index < -0.39 is 23.0 Å². The largest absolute Gasteiger partial charge is 0.458 e. The highest BCUT2D eigenvalue weighted by Crippen LogP contribution is 2.48. The van der Waals surface area contributed by atoms with Crippen LogP contribution in [0, 0.1) is 18.2 Å². The summed E-state index contributed by atoms with van der Waals surface area (Å²) in [5.41, 5.74) is 1.59. The number of aromatic nitrogens is 2. The van der Waals surface area contributed by atoms with Crippen LogP contribution in [0.2, 0.25) is 0 Å². The van der Waals surface area contributed by atoms with Crippen molar-refractivity contribution in [1.29, 1.82) is 0 Å². The third kappa shape index (κ3) is 3.12. The molecule has 1 saturated carbocycles. The third-order valence-electron chi connectivity index (χ3n) is 9.32. The predicted molar refractivity (Wildman–Crippen MR) is 137 cm³/mol. The zero-order valence-electron chi connectivity index (χ0n) is 21.7. The van der Waals surface area contributed by atoms with Gasteiger partial charge in [0.1, 0.15) is 12.4 Å². The average Bonchev–Trinajstić information content (AvgIpc) is 3.65. The fourth-order valence-corrected chi connectivity index (χ4v) is 6.62. The van der Waals surface area contributed by atoms with Gasteiger partial charge in [0.25, 0.3) is 5.56 Å². The molecule has 9 nitrogen and oxygen atoms in total. The number of cyclic esters (lactones) is 1. The number of pyridine rings is 2. The summed E-state index contributed by atoms with van der Waals surface area (Å²) < 4.78 is 21.7. The summed E-state index contributed by atoms with van der Waals surface area (Å²) in [6, 6.07) is 2.61. The minimum Gasteiger partial charge on any atom is -0.458 e. The first kappa shape index (κ1) is 24.4. The Morgan fingerprint density at radius 3 is 2.72 bits per heavy atom. The summed E-state index contributed by atoms with van der Waals surface area (Å²) in [6.45, 7) is 3.11. The zero-order chi connectivity index (χ0) is 27.4. The van der Waals surface area contributed by atoms with Gasteiger partial charge in [-0.1, -0.05) is 6.92 Å². The van der Waals surface area contributed by atoms with Crippen LogP contribution < -0.4 is 10.9 Å². The SMILES string of the molecule is CC[C@@]1(O)C(=O)OCc2c1cc1n(c2=O)Cc2c-1nc1cc(F)c(C)c3c1c2[C@@H](NC(=O)C1(CO)CC1)CC3. The Hall–Kier alpha value is -3.63. The fraction of sp³-hybridized carbons (Fsp3) is 0.448. The molecule has 3 aromatic rings. The number of aliphatic hydroxyl groups excluding tert-OH is 1. The molecule has 0 radical (unpaired) electrons. The van der Waals surface area contributed by atoms with Gasteiger partial charge in [0.15, 0.2) is 5.60 Å². The van der Waals surface area contributed by atoms with Crippen LogP contribution in [-0.4, -0.2) is 38.2 Å². The maximum atomic E-state index is 15.0. The molecule has 1 amide bonds. The Morgan fingerprint density at radius 2 is 2.03 bits per heavy atom. The molecule has 2 aliphatic carbocycles. The number of aliphatic hydroxyl groups is 2. The Labute approximate surface area is 222 Å². The van der Waals surface area contributed by atoms with Crippen molar-refractivity contribution in [3.63, 3.8) is 0 Å². The van der Waals surface area contributed by atoms with Crippen molar-refractivity contribution in [2.45, 2.75) is 70.7 Å². The van der Waals surface area contributed by atoms with Gasteiger partial charge in [-0.2, -0.15) is 0 Å². The molecule has 0 bridgehead atoms. The number of rotatable bonds is 4. The first-order chi connectivity index (χ1) is 18.6. The molecular formula is C29H28FN3O6. The molecule has 3 N–H and O–H groups in total. The number of nitrogens with one attached hydrogen (secondary N) is 1. The van der Waals surface area contributed by atoms with Crippen LogP contribution in [0.3, 0.4) is 0 Å². The van der Waals surface area contributed by atoms with Crippen molar-refractivity contribution in [2.75, 3.05) is 6.61 Å². The van der Waals surface area contributed by atoms with Crippen LogP contribution in [0.5, 0.6) is 0 Å². The van der Waals surface area contributed by atoms with Gasteiger partial charge in [0.2, 0.25) is 5.91 Å². The fourth-order valence-electron chi connectivity index (χ4n) is 6.62. The highest BCUT2D eigenvalue weighted by molar-refractivity contribution is 5.94. The van der Waals surface area contributed by atoms with Crippen molar-refractivity contribution in [1.82, 2.24) is 14.9 Å². The minimum absolute atomic E-state index is 0.0273. The standard InChI is InChI=1S/C29H28FN3O6/c1-3-29(38)17-8-21-24-15(10-33(21)25(35)16(17)11-39-27(29)37)23-19(32-26(36)28(12-34)6-7-28)5-4-14-13(2)18(30)9-20(31-24)22(14)23/h8-9,19,34,38H,3-7,10-12H2,1-2H3,(H,32,36)/t19-,29-/m0/s1. The number of nitrogens with zero attached hydrogens (tertiary/aromatic N) is 2. The summed E-state index contributed by atoms with van der Waals surface area (Å²) in [5.74, 6) is -1.38. The van der Waals surface area contributed by atoms with Crippen LogP contribution in [0.25, 0.3) is 22.3 Å². The molecule has 0 unspecified atom stereocenters. The number of carbonyl (C=O) groups excluding carboxylic acids is 2. The van der Waals surface area contributed by atoms with E-state index in [-0.39, 0.29) is 54.6 Å². The van der Waals surface area contributed by atoms with E-state index in [1.54, 1.807) is 24.5 Å². The third-order valence-corrected chi connectivity index (χ3v) is 9.32. The second kappa shape index (κ2) is 7.95. The van der Waals surface area contributed by atoms with E-state index in [0.717, 1.165) is 22.1 Å². The summed E-state index contributed by atoms with van der Waals surface area (Å²) in [5, 5.41) is 24.9. The first-order valence-corrected chi connectivity index (χ1v) is 13.4. The lowest BCUT2D eigenvalue weighted by Crippen LogP contribution is -2.44. The number of benzene rings is 1. The number of halogens is 1. The number of hydrogen-bond donors (Lipinski definition) is 3. The van der Waals surface area contributed by atoms with E-state index in [9.17, 15) is 24.6 Å². The molecular weight excluding hydrogens is 505 g/mol. The molecule has 4 aliphatic rings. The van der Waals surface area contributed by atoms with Gasteiger partial charge in [-0.25, -0.2) is 14.2 Å². The van der Waals surface area contributed by atoms with E-state index in [0.29, 0.717) is 48.2 Å². The van der Waals surface area contributed by atoms with Gasteiger partial charge >= 0.3 is 5.97 Å². The number of esters is 1. The van der Waals surface area contributed by atoms with Crippen LogP contribution >= 0.6 is 0 Å². The van der Waals surface area contributed by atoms with E-state index in [1.165, 1.54) is 6.07 Å². The highest BCUT2D eigenvalue weighted by Gasteiger charge is 2.50. The maximum absolute atomic E-state index is 15.0. The van der Waals surface area contributed by atoms with E-state index in [2.05, 4.69) is 5.32 Å². The molecule has 202 valence electrons. The topological polar surface area (TPSA) is 131 Å². The maximum Gasteiger partial charge on any atom is 0.343 e. The van der Waals surface area contributed by atoms with Gasteiger partial charge in [-0.05, 0) is 61.8 Å². The molecule has 7 rings (SSSR count). The number of hydrogen-bond acceptors (Lipinski definition) is 7. The summed E-state index contributed by atoms with van der Waals surface area (Å²) >= 11 is 0. The van der Waals surface area contributed by atoms with Crippen molar-refractivity contribution in [3.05, 3.63) is 61.7 Å². The minimum atomic E-state index is -1.95. The van der Waals surface area contributed by atoms with Crippen LogP contribution in [-0.2, 0) is 39.5 Å². The van der Waals surface area contributed by atoms with E-state index in [4.69, 9.17) is 9.72 Å². The van der Waals surface area contributed by atoms with Crippen LogP contribution in [0.15, 0.2) is 16.9 Å². The van der Waals surface area contributed by atoms with Crippen LogP contribution in [0.1, 0.15) is 72.0 Å². The predicted octanol–water partition coefficient (Wildman–Crippen LogP) is 2.40. The highest BCUT2D eigenvalue weighted by atomic mass is 19.1. The smallest absolute Gasteiger partial charge is 0.343 e. The molecule has 1 aromatic carbocycles. The average molecular weight is 534 g/mol. The Kier molecular flexibility index (Phi) is 4.98. The lowest BCUT2D eigenvalue weighted by atomic mass is 9.81. The lowest BCUT2D eigenvalue weighted by molar-refractivity contribution is -0.172. The summed E-state index contributed by atoms with van der Waals surface area (Å²) in [7, 11) is 0. The molecule has 10 heteroatoms. The number of amides is 1. The monoisotopic (exact) mass is 533 g/mol. The molecule has 2 atom stereocenters. The molecule has 2 aliphatic heterocycles. The van der Waals surface area contributed by atoms with Gasteiger partial charge in [-0.15, -0.1) is 0 Å². The summed E-state index contributed by atoms with van der Waals surface area (Å²) in [4.78, 5) is 44.2. The number of ether oxygens (including phenoxy) is 1. The van der Waals surface area contributed by atoms with Crippen molar-refractivity contribution in [2.24, 2.45) is 5.41 Å². The second-order valence-corrected chi connectivity index (χ2v) is 11.3. The van der Waals surface area contributed by atoms with Crippen LogP contribution in [0.4, 0.5) is 4.39 Å². The van der Waals surface area contributed by atoms with Gasteiger partial charge in [0.05, 0.1) is 47.1 Å². The molecule has 4 heterocycles. The first-order valence-electron chi connectivity index (χ1n) is 13.4. The van der Waals surface area contributed by atoms with Crippen molar-refractivity contribution >= 4 is 22.8 Å². The van der Waals surface area contributed by atoms with Gasteiger partial charge < -0.3 is 24.8 Å².